The number of nitrogens with two attached hydrogens (primary N) is 1. The number of hydrogen-bond donors (Lipinski definition) is 1. The molecule has 0 atom stereocenters. The average Bonchev–Trinajstić information content (AvgIpc) is 2.75. The number of nitrogen functional groups attached to an aromatic ring is 1. The van der Waals surface area contributed by atoms with Gasteiger partial charge in [0.05, 0.1) is 11.1 Å². The molecule has 0 spiro atoms. The van der Waals surface area contributed by atoms with Crippen LogP contribution in [0.5, 0.6) is 0 Å². The van der Waals surface area contributed by atoms with Crippen molar-refractivity contribution in [2.75, 3.05) is 5.73 Å². The third-order valence-electron chi connectivity index (χ3n) is 2.56. The van der Waals surface area contributed by atoms with E-state index in [1.54, 1.807) is 18.2 Å². The summed E-state index contributed by atoms with van der Waals surface area (Å²) in [4.78, 5) is 28.4. The molecule has 4 nitrogen and oxygen atoms in total. The Morgan fingerprint density at radius 1 is 1.19 bits per heavy atom. The summed E-state index contributed by atoms with van der Waals surface area (Å²) in [6.45, 7) is 0. The van der Waals surface area contributed by atoms with Crippen LogP contribution in [-0.4, -0.2) is 16.6 Å². The van der Waals surface area contributed by atoms with Crippen molar-refractivity contribution in [3.8, 4) is 0 Å². The molecule has 1 aliphatic rings. The zero-order valence-electron chi connectivity index (χ0n) is 8.06. The molecule has 1 aliphatic carbocycles. The van der Waals surface area contributed by atoms with Gasteiger partial charge in [0, 0.05) is 11.3 Å². The number of aromatic nitrogens is 1. The molecule has 1 heterocycles. The quantitative estimate of drug-likeness (QED) is 0.594. The molecule has 5 heteroatoms. The minimum atomic E-state index is -0.224. The number of hydrogen-bond acceptors (Lipinski definition) is 5. The lowest BCUT2D eigenvalue weighted by molar-refractivity contribution is 0.0979. The Bertz CT molecular complexity index is 631. The third kappa shape index (κ3) is 1.00. The normalized spacial score (nSPS) is 13.5. The smallest absolute Gasteiger partial charge is 0.213 e. The van der Waals surface area contributed by atoms with Crippen LogP contribution in [0.1, 0.15) is 31.3 Å². The number of thiazole rings is 1. The highest BCUT2D eigenvalue weighted by Crippen LogP contribution is 2.31. The highest BCUT2D eigenvalue weighted by atomic mass is 32.1. The zero-order chi connectivity index (χ0) is 11.3. The van der Waals surface area contributed by atoms with Gasteiger partial charge in [0.1, 0.15) is 10.6 Å². The first kappa shape index (κ1) is 9.23. The first-order chi connectivity index (χ1) is 7.70. The molecule has 0 bridgehead atoms. The van der Waals surface area contributed by atoms with E-state index in [9.17, 15) is 9.59 Å². The molecule has 0 amide bonds. The summed E-state index contributed by atoms with van der Waals surface area (Å²) < 4.78 is 0. The summed E-state index contributed by atoms with van der Waals surface area (Å²) in [5.74, 6) is -0.427. The van der Waals surface area contributed by atoms with E-state index in [-0.39, 0.29) is 17.3 Å². The van der Waals surface area contributed by atoms with Gasteiger partial charge in [-0.25, -0.2) is 4.98 Å². The molecule has 16 heavy (non-hydrogen) atoms. The highest BCUT2D eigenvalue weighted by Gasteiger charge is 2.33. The summed E-state index contributed by atoms with van der Waals surface area (Å²) >= 11 is 1.17. The van der Waals surface area contributed by atoms with Crippen LogP contribution >= 0.6 is 11.3 Å². The van der Waals surface area contributed by atoms with Gasteiger partial charge in [-0.15, -0.1) is 11.3 Å². The van der Waals surface area contributed by atoms with E-state index in [2.05, 4.69) is 4.98 Å². The zero-order valence-corrected chi connectivity index (χ0v) is 8.88. The average molecular weight is 230 g/mol. The number of anilines is 1. The standard InChI is InChI=1S/C11H6N2O2S/c12-6-3-1-2-5-7(6)10(15)11-8(9(5)14)13-4-16-11/h1-4H,12H2. The van der Waals surface area contributed by atoms with Crippen LogP contribution in [0.15, 0.2) is 23.7 Å². The Morgan fingerprint density at radius 2 is 2.00 bits per heavy atom. The Balaban J connectivity index is 2.38. The van der Waals surface area contributed by atoms with Crippen molar-refractivity contribution in [1.82, 2.24) is 4.98 Å². The second kappa shape index (κ2) is 2.99. The first-order valence-corrected chi connectivity index (χ1v) is 5.49. The fraction of sp³-hybridized carbons (Fsp3) is 0. The maximum atomic E-state index is 12.1. The minimum absolute atomic E-state index is 0.204. The Hall–Kier alpha value is -2.01. The van der Waals surface area contributed by atoms with Crippen LogP contribution in [0.25, 0.3) is 0 Å². The van der Waals surface area contributed by atoms with Crippen LogP contribution in [0.2, 0.25) is 0 Å². The van der Waals surface area contributed by atoms with Gasteiger partial charge in [0.2, 0.25) is 11.6 Å². The number of benzene rings is 1. The number of fused-ring (bicyclic) bond motifs is 2. The van der Waals surface area contributed by atoms with Crippen LogP contribution in [0.4, 0.5) is 5.69 Å². The van der Waals surface area contributed by atoms with E-state index < -0.39 is 0 Å². The highest BCUT2D eigenvalue weighted by molar-refractivity contribution is 7.12. The predicted molar refractivity (Wildman–Crippen MR) is 59.8 cm³/mol. The fourth-order valence-corrected chi connectivity index (χ4v) is 2.55. The lowest BCUT2D eigenvalue weighted by Crippen LogP contribution is -2.21. The number of nitrogens with zero attached hydrogens (tertiary/aromatic N) is 1. The summed E-state index contributed by atoms with van der Waals surface area (Å²) in [7, 11) is 0. The monoisotopic (exact) mass is 230 g/mol. The molecule has 0 saturated carbocycles. The van der Waals surface area contributed by atoms with Crippen LogP contribution in [0, 0.1) is 0 Å². The summed E-state index contributed by atoms with van der Waals surface area (Å²) in [6, 6.07) is 4.89. The van der Waals surface area contributed by atoms with E-state index in [0.29, 0.717) is 21.7 Å². The van der Waals surface area contributed by atoms with Crippen LogP contribution < -0.4 is 5.73 Å². The topological polar surface area (TPSA) is 73.1 Å². The van der Waals surface area contributed by atoms with Gasteiger partial charge in [-0.2, -0.15) is 0 Å². The van der Waals surface area contributed by atoms with Crippen molar-refractivity contribution in [3.63, 3.8) is 0 Å². The van der Waals surface area contributed by atoms with E-state index in [1.165, 1.54) is 16.8 Å². The van der Waals surface area contributed by atoms with Gasteiger partial charge in [0.25, 0.3) is 0 Å². The lowest BCUT2D eigenvalue weighted by Gasteiger charge is -2.14. The van der Waals surface area contributed by atoms with E-state index in [4.69, 9.17) is 5.73 Å². The van der Waals surface area contributed by atoms with Gasteiger partial charge in [-0.05, 0) is 6.07 Å². The Kier molecular flexibility index (Phi) is 1.73. The second-order valence-corrected chi connectivity index (χ2v) is 4.31. The molecule has 2 aromatic rings. The van der Waals surface area contributed by atoms with E-state index in [1.807, 2.05) is 0 Å². The maximum absolute atomic E-state index is 12.1. The number of ketones is 2. The van der Waals surface area contributed by atoms with Crippen molar-refractivity contribution >= 4 is 28.6 Å². The van der Waals surface area contributed by atoms with Gasteiger partial charge < -0.3 is 5.73 Å². The molecule has 0 saturated heterocycles. The molecular formula is C11H6N2O2S. The molecule has 0 radical (unpaired) electrons. The van der Waals surface area contributed by atoms with Gasteiger partial charge in [-0.3, -0.25) is 9.59 Å². The van der Waals surface area contributed by atoms with Crippen LogP contribution in [-0.2, 0) is 0 Å². The maximum Gasteiger partial charge on any atom is 0.213 e. The van der Waals surface area contributed by atoms with Crippen molar-refractivity contribution in [3.05, 3.63) is 45.4 Å². The molecule has 2 N–H and O–H groups in total. The molecule has 0 unspecified atom stereocenters. The molecule has 1 aromatic carbocycles. The van der Waals surface area contributed by atoms with E-state index in [0.717, 1.165) is 0 Å². The predicted octanol–water partition coefficient (Wildman–Crippen LogP) is 1.50. The molecule has 1 aromatic heterocycles. The number of rotatable bonds is 0. The molecule has 0 fully saturated rings. The lowest BCUT2D eigenvalue weighted by atomic mass is 9.90. The van der Waals surface area contributed by atoms with Crippen molar-refractivity contribution < 1.29 is 9.59 Å². The van der Waals surface area contributed by atoms with Crippen molar-refractivity contribution in [2.24, 2.45) is 0 Å². The summed E-state index contributed by atoms with van der Waals surface area (Å²) in [5.41, 5.74) is 8.48. The van der Waals surface area contributed by atoms with Gasteiger partial charge in [-0.1, -0.05) is 12.1 Å². The summed E-state index contributed by atoms with van der Waals surface area (Å²) in [5, 5.41) is 0. The molecular weight excluding hydrogens is 224 g/mol. The van der Waals surface area contributed by atoms with E-state index >= 15 is 0 Å². The first-order valence-electron chi connectivity index (χ1n) is 4.61. The fourth-order valence-electron chi connectivity index (χ4n) is 1.82. The van der Waals surface area contributed by atoms with Crippen LogP contribution in [0.3, 0.4) is 0 Å². The minimum Gasteiger partial charge on any atom is -0.398 e. The van der Waals surface area contributed by atoms with Crippen molar-refractivity contribution in [2.45, 2.75) is 0 Å². The Labute approximate surface area is 94.7 Å². The summed E-state index contributed by atoms with van der Waals surface area (Å²) in [6.07, 6.45) is 0. The molecule has 3 rings (SSSR count). The number of carbonyl (C=O) groups is 2. The van der Waals surface area contributed by atoms with Gasteiger partial charge >= 0.3 is 0 Å². The largest absolute Gasteiger partial charge is 0.398 e. The molecule has 0 aliphatic heterocycles. The molecule has 78 valence electrons. The Morgan fingerprint density at radius 3 is 2.81 bits per heavy atom. The number of carbonyl (C=O) groups excluding carboxylic acids is 2. The van der Waals surface area contributed by atoms with Crippen molar-refractivity contribution in [1.29, 1.82) is 0 Å². The SMILES string of the molecule is Nc1cccc2c1C(=O)c1scnc1C2=O. The second-order valence-electron chi connectivity index (χ2n) is 3.46. The van der Waals surface area contributed by atoms with Gasteiger partial charge in [0.15, 0.2) is 0 Å². The third-order valence-corrected chi connectivity index (χ3v) is 3.38.